The van der Waals surface area contributed by atoms with Crippen LogP contribution in [0.2, 0.25) is 0 Å². The highest BCUT2D eigenvalue weighted by molar-refractivity contribution is 7.80. The van der Waals surface area contributed by atoms with Crippen molar-refractivity contribution in [3.8, 4) is 0 Å². The van der Waals surface area contributed by atoms with Gasteiger partial charge in [-0.3, -0.25) is 19.4 Å². The number of aliphatic imine (C=N–C) groups is 1. The van der Waals surface area contributed by atoms with Crippen molar-refractivity contribution in [1.82, 2.24) is 16.0 Å². The molecule has 0 aliphatic heterocycles. The van der Waals surface area contributed by atoms with Crippen LogP contribution in [0, 0.1) is 5.92 Å². The number of aliphatic carboxylic acids is 1. The third-order valence-corrected chi connectivity index (χ3v) is 5.29. The minimum atomic E-state index is -1.24. The van der Waals surface area contributed by atoms with Crippen LogP contribution >= 0.6 is 12.6 Å². The van der Waals surface area contributed by atoms with Gasteiger partial charge in [0.2, 0.25) is 17.7 Å². The van der Waals surface area contributed by atoms with E-state index < -0.39 is 47.9 Å². The van der Waals surface area contributed by atoms with Gasteiger partial charge in [0.25, 0.3) is 0 Å². The lowest BCUT2D eigenvalue weighted by atomic mass is 10.0. The molecule has 0 saturated heterocycles. The van der Waals surface area contributed by atoms with Crippen molar-refractivity contribution < 1.29 is 24.3 Å². The normalized spacial score (nSPS) is 14.4. The lowest BCUT2D eigenvalue weighted by Gasteiger charge is -2.27. The Hall–Kier alpha value is -2.58. The Kier molecular flexibility index (Phi) is 15.7. The topological polar surface area (TPSA) is 241 Å². The molecule has 0 aromatic carbocycles. The molecule has 0 fully saturated rings. The standard InChI is InChI=1S/C20H40N8O5S/c1-11(2)15(18(31)27-14(10-34)19(32)33)28-17(30)13(7-5-9-25-20(23)24)26-16(29)12(22)6-3-4-8-21/h11-15,34H,3-10,21-22H2,1-2H3,(H,26,29)(H,27,31)(H,28,30)(H,32,33)(H4,23,24,25). The Morgan fingerprint density at radius 1 is 0.912 bits per heavy atom. The van der Waals surface area contributed by atoms with Gasteiger partial charge in [0.15, 0.2) is 5.96 Å². The second-order valence-electron chi connectivity index (χ2n) is 8.21. The average molecular weight is 505 g/mol. The fourth-order valence-electron chi connectivity index (χ4n) is 2.93. The lowest BCUT2D eigenvalue weighted by molar-refractivity contribution is -0.142. The number of rotatable bonds is 17. The number of carbonyl (C=O) groups is 4. The molecule has 0 aliphatic rings. The quantitative estimate of drug-likeness (QED) is 0.0444. The summed E-state index contributed by atoms with van der Waals surface area (Å²) in [6.07, 6.45) is 2.35. The van der Waals surface area contributed by atoms with E-state index in [1.807, 2.05) is 0 Å². The maximum atomic E-state index is 13.0. The van der Waals surface area contributed by atoms with Gasteiger partial charge in [-0.05, 0) is 38.1 Å². The molecule has 0 radical (unpaired) electrons. The predicted octanol–water partition coefficient (Wildman–Crippen LogP) is -2.38. The molecule has 4 unspecified atom stereocenters. The van der Waals surface area contributed by atoms with Crippen LogP contribution in [0.3, 0.4) is 0 Å². The molecule has 0 aliphatic carbocycles. The Morgan fingerprint density at radius 3 is 2.03 bits per heavy atom. The molecule has 13 nitrogen and oxygen atoms in total. The molecule has 196 valence electrons. The number of nitrogens with two attached hydrogens (primary N) is 4. The van der Waals surface area contributed by atoms with E-state index in [0.29, 0.717) is 25.8 Å². The number of carboxylic acids is 1. The van der Waals surface area contributed by atoms with Gasteiger partial charge in [0.1, 0.15) is 18.1 Å². The molecule has 0 saturated carbocycles. The number of hydrogen-bond acceptors (Lipinski definition) is 8. The van der Waals surface area contributed by atoms with E-state index in [2.05, 4.69) is 33.6 Å². The maximum absolute atomic E-state index is 13.0. The van der Waals surface area contributed by atoms with Gasteiger partial charge in [-0.1, -0.05) is 20.3 Å². The van der Waals surface area contributed by atoms with E-state index in [-0.39, 0.29) is 30.6 Å². The van der Waals surface area contributed by atoms with E-state index in [1.54, 1.807) is 13.8 Å². The molecule has 3 amide bonds. The Balaban J connectivity index is 5.39. The van der Waals surface area contributed by atoms with Gasteiger partial charge >= 0.3 is 5.97 Å². The van der Waals surface area contributed by atoms with Crippen molar-refractivity contribution in [1.29, 1.82) is 0 Å². The highest BCUT2D eigenvalue weighted by atomic mass is 32.1. The maximum Gasteiger partial charge on any atom is 0.327 e. The first-order chi connectivity index (χ1) is 15.9. The van der Waals surface area contributed by atoms with E-state index in [4.69, 9.17) is 28.0 Å². The van der Waals surface area contributed by atoms with E-state index >= 15 is 0 Å². The summed E-state index contributed by atoms with van der Waals surface area (Å²) >= 11 is 3.92. The second-order valence-corrected chi connectivity index (χ2v) is 8.58. The van der Waals surface area contributed by atoms with Crippen LogP contribution in [-0.4, -0.2) is 77.8 Å². The van der Waals surface area contributed by atoms with Gasteiger partial charge in [-0.2, -0.15) is 12.6 Å². The highest BCUT2D eigenvalue weighted by Gasteiger charge is 2.31. The molecule has 0 rings (SSSR count). The van der Waals surface area contributed by atoms with Crippen molar-refractivity contribution in [2.45, 2.75) is 70.1 Å². The number of carboxylic acid groups (broad SMARTS) is 1. The summed E-state index contributed by atoms with van der Waals surface area (Å²) in [5, 5.41) is 16.7. The first-order valence-electron chi connectivity index (χ1n) is 11.2. The van der Waals surface area contributed by atoms with E-state index in [1.165, 1.54) is 0 Å². The minimum absolute atomic E-state index is 0.0966. The number of nitrogens with one attached hydrogen (secondary N) is 3. The van der Waals surface area contributed by atoms with Crippen LogP contribution in [0.4, 0.5) is 0 Å². The van der Waals surface area contributed by atoms with Crippen molar-refractivity contribution in [2.24, 2.45) is 33.8 Å². The minimum Gasteiger partial charge on any atom is -0.480 e. The van der Waals surface area contributed by atoms with Crippen LogP contribution in [0.15, 0.2) is 4.99 Å². The van der Waals surface area contributed by atoms with Crippen LogP contribution in [0.1, 0.15) is 46.0 Å². The fraction of sp³-hybridized carbons (Fsp3) is 0.750. The van der Waals surface area contributed by atoms with Crippen molar-refractivity contribution in [3.05, 3.63) is 0 Å². The monoisotopic (exact) mass is 504 g/mol. The largest absolute Gasteiger partial charge is 0.480 e. The van der Waals surface area contributed by atoms with Gasteiger partial charge in [0.05, 0.1) is 6.04 Å². The Morgan fingerprint density at radius 2 is 1.53 bits per heavy atom. The third-order valence-electron chi connectivity index (χ3n) is 4.93. The molecule has 14 heteroatoms. The molecule has 0 spiro atoms. The molecule has 0 aromatic heterocycles. The molecular formula is C20H40N8O5S. The smallest absolute Gasteiger partial charge is 0.327 e. The molecule has 34 heavy (non-hydrogen) atoms. The van der Waals surface area contributed by atoms with Crippen LogP contribution in [0.25, 0.3) is 0 Å². The van der Waals surface area contributed by atoms with Crippen LogP contribution in [0.5, 0.6) is 0 Å². The number of amides is 3. The molecule has 0 aromatic rings. The number of unbranched alkanes of at least 4 members (excludes halogenated alkanes) is 1. The zero-order valence-corrected chi connectivity index (χ0v) is 20.7. The second kappa shape index (κ2) is 16.9. The van der Waals surface area contributed by atoms with Crippen molar-refractivity contribution in [2.75, 3.05) is 18.8 Å². The first kappa shape index (κ1) is 31.4. The molecule has 12 N–H and O–H groups in total. The third kappa shape index (κ3) is 12.6. The van der Waals surface area contributed by atoms with Gasteiger partial charge in [0, 0.05) is 12.3 Å². The summed E-state index contributed by atoms with van der Waals surface area (Å²) < 4.78 is 0. The van der Waals surface area contributed by atoms with Crippen molar-refractivity contribution >= 4 is 42.3 Å². The summed E-state index contributed by atoms with van der Waals surface area (Å²) in [5.74, 6) is -3.62. The summed E-state index contributed by atoms with van der Waals surface area (Å²) in [6, 6.07) is -4.08. The molecule has 0 bridgehead atoms. The van der Waals surface area contributed by atoms with Crippen LogP contribution < -0.4 is 38.9 Å². The zero-order valence-electron chi connectivity index (χ0n) is 19.8. The summed E-state index contributed by atoms with van der Waals surface area (Å²) in [4.78, 5) is 53.3. The number of thiol groups is 1. The molecule has 4 atom stereocenters. The lowest BCUT2D eigenvalue weighted by Crippen LogP contribution is -2.58. The fourth-order valence-corrected chi connectivity index (χ4v) is 3.17. The van der Waals surface area contributed by atoms with E-state index in [9.17, 15) is 19.2 Å². The number of hydrogen-bond donors (Lipinski definition) is 9. The SMILES string of the molecule is CC(C)C(NC(=O)C(CCCN=C(N)N)NC(=O)C(N)CCCCN)C(=O)NC(CS)C(=O)O. The number of nitrogens with zero attached hydrogens (tertiary/aromatic N) is 1. The van der Waals surface area contributed by atoms with Gasteiger partial charge < -0.3 is 44.0 Å². The number of guanidine groups is 1. The van der Waals surface area contributed by atoms with Crippen LogP contribution in [-0.2, 0) is 19.2 Å². The summed E-state index contributed by atoms with van der Waals surface area (Å²) in [6.45, 7) is 4.11. The van der Waals surface area contributed by atoms with Gasteiger partial charge in [-0.15, -0.1) is 0 Å². The molecule has 0 heterocycles. The summed E-state index contributed by atoms with van der Waals surface area (Å²) in [5.41, 5.74) is 22.0. The number of carbonyl (C=O) groups excluding carboxylic acids is 3. The van der Waals surface area contributed by atoms with Gasteiger partial charge in [-0.25, -0.2) is 4.79 Å². The van der Waals surface area contributed by atoms with E-state index in [0.717, 1.165) is 6.42 Å². The van der Waals surface area contributed by atoms with Crippen molar-refractivity contribution in [3.63, 3.8) is 0 Å². The highest BCUT2D eigenvalue weighted by Crippen LogP contribution is 2.07. The summed E-state index contributed by atoms with van der Waals surface area (Å²) in [7, 11) is 0. The Bertz CT molecular complexity index is 702. The predicted molar refractivity (Wildman–Crippen MR) is 133 cm³/mol. The zero-order chi connectivity index (χ0) is 26.3. The average Bonchev–Trinajstić information content (AvgIpc) is 2.76. The Labute approximate surface area is 205 Å². The first-order valence-corrected chi connectivity index (χ1v) is 11.8. The molecular weight excluding hydrogens is 464 g/mol.